The summed E-state index contributed by atoms with van der Waals surface area (Å²) in [5.41, 5.74) is 10.7. The molecule has 10 aromatic carbocycles. The molecule has 650 valence electrons. The highest BCUT2D eigenvalue weighted by Crippen LogP contribution is 2.40. The average molecular weight is 1690 g/mol. The highest BCUT2D eigenvalue weighted by molar-refractivity contribution is 6.06. The number of hydrogen-bond donors (Lipinski definition) is 5. The van der Waals surface area contributed by atoms with Crippen molar-refractivity contribution in [2.45, 2.75) is 125 Å². The first kappa shape index (κ1) is 91.2. The molecule has 0 aromatic heterocycles. The number of aromatic hydroxyl groups is 3. The van der Waals surface area contributed by atoms with Crippen LogP contribution in [0.1, 0.15) is 177 Å². The lowest BCUT2D eigenvalue weighted by molar-refractivity contribution is 0.0736. The quantitative estimate of drug-likeness (QED) is 0.0239. The zero-order valence-electron chi connectivity index (χ0n) is 70.9. The van der Waals surface area contributed by atoms with Crippen molar-refractivity contribution in [3.05, 3.63) is 301 Å². The lowest BCUT2D eigenvalue weighted by Crippen LogP contribution is -2.30. The molecule has 14 rings (SSSR count). The summed E-state index contributed by atoms with van der Waals surface area (Å²) in [5, 5.41) is 48.5. The summed E-state index contributed by atoms with van der Waals surface area (Å²) in [6.07, 6.45) is 4.83. The van der Waals surface area contributed by atoms with Crippen molar-refractivity contribution in [3.63, 3.8) is 0 Å². The number of phenols is 3. The molecule has 4 aliphatic rings. The van der Waals surface area contributed by atoms with E-state index >= 15 is 0 Å². The van der Waals surface area contributed by atoms with Crippen molar-refractivity contribution in [2.24, 2.45) is 0 Å². The normalized spacial score (nSPS) is 12.5. The van der Waals surface area contributed by atoms with Crippen LogP contribution in [-0.2, 0) is 75.2 Å². The Labute approximate surface area is 722 Å². The van der Waals surface area contributed by atoms with Crippen LogP contribution in [-0.4, -0.2) is 177 Å². The Bertz CT molecular complexity index is 5280. The van der Waals surface area contributed by atoms with Crippen LogP contribution in [0.3, 0.4) is 0 Å². The summed E-state index contributed by atoms with van der Waals surface area (Å²) in [5.74, 6) is 0.325. The summed E-state index contributed by atoms with van der Waals surface area (Å²) in [4.78, 5) is 101. The van der Waals surface area contributed by atoms with Gasteiger partial charge in [-0.1, -0.05) is 180 Å². The minimum absolute atomic E-state index is 0.0175. The van der Waals surface area contributed by atoms with Gasteiger partial charge in [0.25, 0.3) is 35.4 Å². The number of hydrogen-bond acceptors (Lipinski definition) is 20. The van der Waals surface area contributed by atoms with Crippen LogP contribution in [0.4, 0.5) is 4.79 Å². The van der Waals surface area contributed by atoms with Crippen molar-refractivity contribution in [1.29, 1.82) is 0 Å². The summed E-state index contributed by atoms with van der Waals surface area (Å²) in [6.45, 7) is 12.2. The summed E-state index contributed by atoms with van der Waals surface area (Å²) < 4.78 is 44.7. The molecule has 4 heterocycles. The number of rotatable bonds is 33. The lowest BCUT2D eigenvalue weighted by Gasteiger charge is -2.23. The smallest absolute Gasteiger partial charge is 0.508 e. The molecule has 0 radical (unpaired) electrons. The minimum atomic E-state index is -0.546. The highest BCUT2D eigenvalue weighted by atomic mass is 16.8. The molecule has 1 saturated heterocycles. The van der Waals surface area contributed by atoms with E-state index in [0.717, 1.165) is 100 Å². The van der Waals surface area contributed by atoms with Gasteiger partial charge in [-0.15, -0.1) is 0 Å². The van der Waals surface area contributed by atoms with Crippen LogP contribution in [0.2, 0.25) is 0 Å². The Morgan fingerprint density at radius 1 is 0.347 bits per heavy atom. The van der Waals surface area contributed by atoms with Gasteiger partial charge < -0.3 is 92.8 Å². The first-order chi connectivity index (χ1) is 60.1. The van der Waals surface area contributed by atoms with Gasteiger partial charge >= 0.3 is 6.16 Å². The number of nitrogens with zero attached hydrogens (tertiary/aromatic N) is 6. The summed E-state index contributed by atoms with van der Waals surface area (Å²) in [6, 6.07) is 64.2. The summed E-state index contributed by atoms with van der Waals surface area (Å²) in [7, 11) is 5.18. The first-order valence-corrected chi connectivity index (χ1v) is 41.7. The fraction of sp³-hybridized carbons (Fsp3) is 0.316. The van der Waals surface area contributed by atoms with Gasteiger partial charge in [0.1, 0.15) is 105 Å². The Hall–Kier alpha value is -13.6. The second kappa shape index (κ2) is 45.3. The second-order valence-corrected chi connectivity index (χ2v) is 30.3. The van der Waals surface area contributed by atoms with Gasteiger partial charge in [0.2, 0.25) is 0 Å². The maximum atomic E-state index is 14.2. The van der Waals surface area contributed by atoms with E-state index in [1.165, 1.54) is 11.0 Å². The Morgan fingerprint density at radius 3 is 0.992 bits per heavy atom. The van der Waals surface area contributed by atoms with E-state index in [0.29, 0.717) is 129 Å². The van der Waals surface area contributed by atoms with Crippen molar-refractivity contribution < 1.29 is 97.0 Å². The zero-order valence-corrected chi connectivity index (χ0v) is 70.9. The maximum absolute atomic E-state index is 14.2. The maximum Gasteiger partial charge on any atom is 0.508 e. The lowest BCUT2D eigenvalue weighted by atomic mass is 10.0. The molecule has 5 N–H and O–H groups in total. The predicted octanol–water partition coefficient (Wildman–Crippen LogP) is 15.5. The third-order valence-corrected chi connectivity index (χ3v) is 21.0. The van der Waals surface area contributed by atoms with Gasteiger partial charge in [-0.25, -0.2) is 4.79 Å². The van der Waals surface area contributed by atoms with Crippen molar-refractivity contribution in [2.75, 3.05) is 80.4 Å². The molecule has 10 aromatic rings. The molecular weight excluding hydrogens is 1580 g/mol. The SMILES string of the molecule is CCCCN(C)C(=O)c1cc(C(=O)N2Cc3ccc(O)cc3C2)c(OCc2ccccc2)cc1OCc1ccccc1.CCCCN(C)C(=O)c1cc(C(=O)N2Cc3ccc(OCCO)cc3C2)c(O)cc1O.CCCCN(C)C(=O)c1cc(C(=O)N2Cc3ccc(OCCO)cc3C2)c(OCc2ccccc2)cc1OCc1ccccc1.O=C1OCCO1. The molecular formula is C98H108N6O20. The van der Waals surface area contributed by atoms with Gasteiger partial charge in [-0.2, -0.15) is 0 Å². The number of benzene rings is 10. The van der Waals surface area contributed by atoms with Crippen LogP contribution in [0, 0.1) is 0 Å². The topological polar surface area (TPSA) is 314 Å². The molecule has 26 heteroatoms. The van der Waals surface area contributed by atoms with Crippen molar-refractivity contribution >= 4 is 41.6 Å². The van der Waals surface area contributed by atoms with Gasteiger partial charge in [0.05, 0.1) is 46.6 Å². The first-order valence-electron chi connectivity index (χ1n) is 41.7. The third kappa shape index (κ3) is 24.8. The van der Waals surface area contributed by atoms with E-state index in [-0.39, 0.29) is 105 Å². The number of amides is 6. The molecule has 0 aliphatic carbocycles. The number of unbranched alkanes of at least 4 members (excludes halogenated alkanes) is 3. The van der Waals surface area contributed by atoms with Crippen LogP contribution in [0.25, 0.3) is 0 Å². The molecule has 0 bridgehead atoms. The number of fused-ring (bicyclic) bond motifs is 3. The van der Waals surface area contributed by atoms with E-state index in [1.807, 2.05) is 165 Å². The van der Waals surface area contributed by atoms with Gasteiger partial charge in [-0.3, -0.25) is 28.8 Å². The molecule has 1 fully saturated rings. The van der Waals surface area contributed by atoms with E-state index in [2.05, 4.69) is 23.3 Å². The number of phenolic OH excluding ortho intramolecular Hbond substituents is 3. The van der Waals surface area contributed by atoms with Gasteiger partial charge in [0, 0.05) is 98.2 Å². The molecule has 0 saturated carbocycles. The molecule has 0 unspecified atom stereocenters. The van der Waals surface area contributed by atoms with Crippen LogP contribution in [0.5, 0.6) is 51.7 Å². The fourth-order valence-corrected chi connectivity index (χ4v) is 14.1. The Kier molecular flexibility index (Phi) is 33.3. The van der Waals surface area contributed by atoms with Crippen LogP contribution >= 0.6 is 0 Å². The Morgan fingerprint density at radius 2 is 0.653 bits per heavy atom. The molecule has 26 nitrogen and oxygen atoms in total. The number of ether oxygens (including phenoxy) is 8. The molecule has 6 amide bonds. The molecule has 0 spiro atoms. The second-order valence-electron chi connectivity index (χ2n) is 30.3. The number of carbonyl (C=O) groups excluding carboxylic acids is 7. The minimum Gasteiger partial charge on any atom is -0.508 e. The summed E-state index contributed by atoms with van der Waals surface area (Å²) >= 11 is 0. The number of aliphatic hydroxyl groups is 2. The van der Waals surface area contributed by atoms with Gasteiger partial charge in [-0.05, 0) is 129 Å². The van der Waals surface area contributed by atoms with E-state index < -0.39 is 18.0 Å². The van der Waals surface area contributed by atoms with Gasteiger partial charge in [0.15, 0.2) is 0 Å². The molecule has 124 heavy (non-hydrogen) atoms. The largest absolute Gasteiger partial charge is 0.508 e. The van der Waals surface area contributed by atoms with Crippen LogP contribution in [0.15, 0.2) is 212 Å². The number of aliphatic hydroxyl groups excluding tert-OH is 2. The highest BCUT2D eigenvalue weighted by Gasteiger charge is 2.34. The molecule has 0 atom stereocenters. The zero-order chi connectivity index (χ0) is 88.0. The van der Waals surface area contributed by atoms with E-state index in [1.54, 1.807) is 88.1 Å². The third-order valence-electron chi connectivity index (χ3n) is 21.0. The van der Waals surface area contributed by atoms with Crippen molar-refractivity contribution in [1.82, 2.24) is 29.4 Å². The standard InChI is InChI=1S/C37H40N2O6.C35H36N2O5.C23H28N2O6.C3H4O3/c1-3-4-17-38(2)36(41)32-21-33(37(42)39-23-29-15-16-31(43-19-18-40)20-30(29)24-39)35(45-26-28-13-9-6-10-14-28)22-34(32)44-25-27-11-7-5-8-12-27;1-3-4-17-36(2)34(39)30-19-31(35(40)37-21-27-15-16-29(38)18-28(27)22-37)33(42-24-26-13-9-6-10-14-26)20-32(30)41-23-25-11-7-5-8-12-25;1-3-4-7-24(2)22(29)18-11-19(21(28)12-20(18)27)23(30)25-13-15-5-6-17(31-9-8-26)10-16(15)14-25;4-3-5-1-2-6-3/h5-16,20-22,40H,3-4,17-19,23-26H2,1-2H3;5-16,18-20,38H,3-4,17,21-24H2,1-2H3;5-6,10-12,26-28H,3-4,7-9,13-14H2,1-2H3;1-2H2. The van der Waals surface area contributed by atoms with Crippen LogP contribution < -0.4 is 28.4 Å². The van der Waals surface area contributed by atoms with E-state index in [9.17, 15) is 48.9 Å². The van der Waals surface area contributed by atoms with Crippen molar-refractivity contribution in [3.8, 4) is 51.7 Å². The molecule has 4 aliphatic heterocycles. The average Bonchev–Trinajstić information content (AvgIpc) is 1.26. The predicted molar refractivity (Wildman–Crippen MR) is 466 cm³/mol. The fourth-order valence-electron chi connectivity index (χ4n) is 14.1. The monoisotopic (exact) mass is 1690 g/mol. The Balaban J connectivity index is 0.000000177. The van der Waals surface area contributed by atoms with E-state index in [4.69, 9.17) is 38.6 Å². The number of carbonyl (C=O) groups is 7. The number of cyclic esters (lactones) is 2.